The Labute approximate surface area is 477 Å². The molecule has 1 saturated heterocycles. The lowest BCUT2D eigenvalue weighted by atomic mass is 10.1. The van der Waals surface area contributed by atoms with E-state index in [9.17, 15) is 33.6 Å². The molecule has 2 rings (SSSR count). The van der Waals surface area contributed by atoms with Crippen molar-refractivity contribution in [3.63, 3.8) is 0 Å². The van der Waals surface area contributed by atoms with Gasteiger partial charge in [0.1, 0.15) is 19.8 Å². The first-order valence-corrected chi connectivity index (χ1v) is 31.6. The highest BCUT2D eigenvalue weighted by Gasteiger charge is 2.36. The lowest BCUT2D eigenvalue weighted by molar-refractivity contribution is -0.156. The summed E-state index contributed by atoms with van der Waals surface area (Å²) in [5, 5.41) is 0. The predicted octanol–water partition coefficient (Wildman–Crippen LogP) is 13.7. The molecule has 1 unspecified atom stereocenters. The first kappa shape index (κ1) is 70.9. The second-order valence-electron chi connectivity index (χ2n) is 22.5. The van der Waals surface area contributed by atoms with Crippen LogP contribution in [0.5, 0.6) is 0 Å². The van der Waals surface area contributed by atoms with E-state index in [4.69, 9.17) is 33.2 Å². The van der Waals surface area contributed by atoms with Crippen LogP contribution in [0.25, 0.3) is 0 Å². The molecule has 2 aliphatic heterocycles. The number of rotatable bonds is 46. The van der Waals surface area contributed by atoms with Gasteiger partial charge < -0.3 is 38.1 Å². The molecular weight excluding hydrogens is 1010 g/mol. The third-order valence-electron chi connectivity index (χ3n) is 15.2. The molecule has 16 heteroatoms. The normalized spacial score (nSPS) is 16.7. The Morgan fingerprint density at radius 2 is 0.722 bits per heavy atom. The topological polar surface area (TPSA) is 191 Å². The Kier molecular flexibility index (Phi) is 42.6. The van der Waals surface area contributed by atoms with Gasteiger partial charge in [-0.25, -0.2) is 4.79 Å². The molecule has 1 amide bonds. The van der Waals surface area contributed by atoms with Crippen molar-refractivity contribution in [2.75, 3.05) is 59.8 Å². The molecule has 0 aliphatic carbocycles. The number of amides is 1. The fourth-order valence-corrected chi connectivity index (χ4v) is 10.0. The Morgan fingerprint density at radius 1 is 0.392 bits per heavy atom. The number of carbonyl (C=O) groups is 7. The number of ether oxygens (including phenoxy) is 7. The summed E-state index contributed by atoms with van der Waals surface area (Å²) in [5.74, 6) is -3.99. The van der Waals surface area contributed by atoms with Gasteiger partial charge in [0.2, 0.25) is 0 Å². The smallest absolute Gasteiger partial charge is 0.410 e. The Bertz CT molecular complexity index is 1510. The van der Waals surface area contributed by atoms with Gasteiger partial charge in [-0.05, 0) is 65.0 Å². The van der Waals surface area contributed by atoms with E-state index in [1.165, 1.54) is 4.90 Å². The van der Waals surface area contributed by atoms with E-state index >= 15 is 0 Å². The Balaban J connectivity index is 2.22. The fourth-order valence-electron chi connectivity index (χ4n) is 10.0. The van der Waals surface area contributed by atoms with E-state index in [2.05, 4.69) is 32.6 Å². The number of nitrogens with zero attached hydrogens (tertiary/aromatic N) is 2. The van der Waals surface area contributed by atoms with Crippen LogP contribution in [0, 0.1) is 11.8 Å². The van der Waals surface area contributed by atoms with Crippen LogP contribution >= 0.6 is 0 Å². The minimum Gasteiger partial charge on any atom is -0.465 e. The largest absolute Gasteiger partial charge is 0.465 e. The van der Waals surface area contributed by atoms with Gasteiger partial charge in [-0.15, -0.1) is 0 Å². The minimum absolute atomic E-state index is 0.0255. The van der Waals surface area contributed by atoms with Crippen molar-refractivity contribution < 1.29 is 66.7 Å². The molecule has 0 spiro atoms. The molecule has 0 aromatic heterocycles. The fraction of sp³-hybridized carbons (Fsp3) is 0.857. The zero-order chi connectivity index (χ0) is 57.6. The van der Waals surface area contributed by atoms with Gasteiger partial charge in [0, 0.05) is 43.6 Å². The molecule has 0 saturated carbocycles. The summed E-state index contributed by atoms with van der Waals surface area (Å²) < 4.78 is 40.5. The van der Waals surface area contributed by atoms with Gasteiger partial charge in [-0.1, -0.05) is 181 Å². The second kappa shape index (κ2) is 47.4. The predicted molar refractivity (Wildman–Crippen MR) is 308 cm³/mol. The maximum absolute atomic E-state index is 14.4. The molecule has 0 bridgehead atoms. The number of hydrogen-bond acceptors (Lipinski definition) is 15. The molecule has 0 aromatic rings. The molecular formula is C63H110N2O14. The SMILES string of the molecule is CCCCCCCCC(=O)OCC(COC(=O)CCCCCCCC)CC(=O)OC[C@H]1CC=CC[C@@H](COC(=O)CC(COC(=O)CCCCCCCC)COC(=O)CCCCCCCC)N1C(=O)OCC1CCCCCN1C. The van der Waals surface area contributed by atoms with Crippen molar-refractivity contribution in [2.24, 2.45) is 11.8 Å². The van der Waals surface area contributed by atoms with Crippen molar-refractivity contribution in [2.45, 2.75) is 277 Å². The molecule has 0 radical (unpaired) electrons. The molecule has 16 nitrogen and oxygen atoms in total. The van der Waals surface area contributed by atoms with E-state index in [0.717, 1.165) is 161 Å². The molecule has 0 aromatic carbocycles. The van der Waals surface area contributed by atoms with E-state index in [1.807, 2.05) is 19.2 Å². The van der Waals surface area contributed by atoms with Gasteiger partial charge in [0.05, 0.1) is 51.4 Å². The molecule has 456 valence electrons. The van der Waals surface area contributed by atoms with Crippen LogP contribution in [-0.2, 0) is 61.9 Å². The summed E-state index contributed by atoms with van der Waals surface area (Å²) in [7, 11) is 2.03. The number of hydrogen-bond donors (Lipinski definition) is 0. The van der Waals surface area contributed by atoms with Gasteiger partial charge in [0.15, 0.2) is 0 Å². The molecule has 0 N–H and O–H groups in total. The van der Waals surface area contributed by atoms with Crippen molar-refractivity contribution >= 4 is 41.9 Å². The monoisotopic (exact) mass is 1120 g/mol. The summed E-state index contributed by atoms with van der Waals surface area (Å²) in [6.45, 7) is 8.80. The molecule has 2 aliphatic rings. The average molecular weight is 1120 g/mol. The molecule has 3 atom stereocenters. The van der Waals surface area contributed by atoms with Gasteiger partial charge in [-0.3, -0.25) is 33.7 Å². The molecule has 79 heavy (non-hydrogen) atoms. The lowest BCUT2D eigenvalue weighted by Gasteiger charge is -2.36. The first-order valence-electron chi connectivity index (χ1n) is 31.6. The van der Waals surface area contributed by atoms with Crippen LogP contribution in [0.1, 0.15) is 259 Å². The van der Waals surface area contributed by atoms with Crippen LogP contribution in [0.4, 0.5) is 4.79 Å². The zero-order valence-electron chi connectivity index (χ0n) is 50.3. The third kappa shape index (κ3) is 36.7. The highest BCUT2D eigenvalue weighted by Crippen LogP contribution is 2.24. The van der Waals surface area contributed by atoms with Gasteiger partial charge >= 0.3 is 41.9 Å². The van der Waals surface area contributed by atoms with Gasteiger partial charge in [0.25, 0.3) is 0 Å². The summed E-state index contributed by atoms with van der Waals surface area (Å²) in [4.78, 5) is 96.8. The van der Waals surface area contributed by atoms with Crippen LogP contribution in [0.15, 0.2) is 12.2 Å². The van der Waals surface area contributed by atoms with Crippen molar-refractivity contribution in [1.82, 2.24) is 9.80 Å². The quantitative estimate of drug-likeness (QED) is 0.0242. The van der Waals surface area contributed by atoms with Crippen LogP contribution in [0.2, 0.25) is 0 Å². The van der Waals surface area contributed by atoms with Crippen molar-refractivity contribution in [1.29, 1.82) is 0 Å². The number of carbonyl (C=O) groups excluding carboxylic acids is 7. The summed E-state index contributed by atoms with van der Waals surface area (Å²) in [6.07, 6.45) is 33.1. The summed E-state index contributed by atoms with van der Waals surface area (Å²) >= 11 is 0. The summed E-state index contributed by atoms with van der Waals surface area (Å²) in [6, 6.07) is -1.36. The average Bonchev–Trinajstić information content (AvgIpc) is 3.83. The standard InChI is InChI=1S/C63H110N2O14/c1-6-10-14-18-22-28-38-57(66)73-45-52(46-74-58(67)39-29-23-19-15-11-7-2)43-61(70)77-50-55-36-32-33-37-56(65(55)63(72)79-49-54-35-27-26-34-42-64(54)5)51-78-62(71)44-53(47-75-59(68)40-30-24-20-16-12-8-3)48-76-60(69)41-31-25-21-17-13-9-4/h32-33,52-56H,6-31,34-51H2,1-5H3/t54?,55-,56+. The van der Waals surface area contributed by atoms with Crippen molar-refractivity contribution in [3.05, 3.63) is 12.2 Å². The Hall–Kier alpha value is -4.21. The molecule has 1 fully saturated rings. The van der Waals surface area contributed by atoms with Crippen LogP contribution in [-0.4, -0.2) is 130 Å². The van der Waals surface area contributed by atoms with Crippen molar-refractivity contribution in [3.8, 4) is 0 Å². The number of esters is 6. The number of unbranched alkanes of at least 4 members (excludes halogenated alkanes) is 20. The minimum atomic E-state index is -0.695. The van der Waals surface area contributed by atoms with Gasteiger partial charge in [-0.2, -0.15) is 0 Å². The van der Waals surface area contributed by atoms with Crippen LogP contribution < -0.4 is 0 Å². The van der Waals surface area contributed by atoms with E-state index in [0.29, 0.717) is 38.5 Å². The number of likely N-dealkylation sites (N-methyl/N-ethyl adjacent to an activating group) is 1. The lowest BCUT2D eigenvalue weighted by Crippen LogP contribution is -2.51. The second-order valence-corrected chi connectivity index (χ2v) is 22.5. The number of likely N-dealkylation sites (tertiary alicyclic amines) is 1. The maximum atomic E-state index is 14.4. The Morgan fingerprint density at radius 3 is 1.08 bits per heavy atom. The van der Waals surface area contributed by atoms with E-state index < -0.39 is 42.0 Å². The van der Waals surface area contributed by atoms with E-state index in [-0.39, 0.29) is 115 Å². The first-order chi connectivity index (χ1) is 38.4. The maximum Gasteiger partial charge on any atom is 0.410 e. The highest BCUT2D eigenvalue weighted by molar-refractivity contribution is 5.73. The summed E-state index contributed by atoms with van der Waals surface area (Å²) in [5.41, 5.74) is 0. The molecule has 2 heterocycles. The van der Waals surface area contributed by atoms with E-state index in [1.54, 1.807) is 0 Å². The third-order valence-corrected chi connectivity index (χ3v) is 15.2. The zero-order valence-corrected chi connectivity index (χ0v) is 50.3. The van der Waals surface area contributed by atoms with Crippen LogP contribution in [0.3, 0.4) is 0 Å². The highest BCUT2D eigenvalue weighted by atomic mass is 16.6.